The van der Waals surface area contributed by atoms with E-state index in [9.17, 15) is 4.79 Å². The van der Waals surface area contributed by atoms with Gasteiger partial charge in [0.2, 0.25) is 5.91 Å². The number of carbonyl (C=O) groups excluding carboxylic acids is 1. The zero-order valence-electron chi connectivity index (χ0n) is 11.6. The van der Waals surface area contributed by atoms with Crippen molar-refractivity contribution in [1.29, 1.82) is 0 Å². The van der Waals surface area contributed by atoms with E-state index < -0.39 is 5.54 Å². The number of ether oxygens (including phenoxy) is 1. The predicted octanol–water partition coefficient (Wildman–Crippen LogP) is 2.17. The van der Waals surface area contributed by atoms with E-state index in [2.05, 4.69) is 5.32 Å². The lowest BCUT2D eigenvalue weighted by Gasteiger charge is -2.26. The Morgan fingerprint density at radius 2 is 2.25 bits per heavy atom. The van der Waals surface area contributed by atoms with Crippen molar-refractivity contribution in [1.82, 2.24) is 5.32 Å². The molecule has 0 aromatic heterocycles. The molecule has 2 rings (SSSR count). The van der Waals surface area contributed by atoms with E-state index in [4.69, 9.17) is 22.1 Å². The molecule has 0 saturated carbocycles. The zero-order valence-corrected chi connectivity index (χ0v) is 13.2. The van der Waals surface area contributed by atoms with Gasteiger partial charge in [-0.15, -0.1) is 12.4 Å². The first-order valence-electron chi connectivity index (χ1n) is 6.33. The Balaban J connectivity index is 0.00000200. The molecule has 3 N–H and O–H groups in total. The molecular formula is C14H20Cl2N2O2. The molecule has 1 aromatic rings. The van der Waals surface area contributed by atoms with E-state index in [0.717, 1.165) is 11.3 Å². The number of carbonyl (C=O) groups is 1. The van der Waals surface area contributed by atoms with Crippen molar-refractivity contribution in [3.63, 3.8) is 0 Å². The quantitative estimate of drug-likeness (QED) is 0.897. The van der Waals surface area contributed by atoms with Crippen LogP contribution in [0.25, 0.3) is 0 Å². The number of benzene rings is 1. The summed E-state index contributed by atoms with van der Waals surface area (Å²) < 4.78 is 5.59. The average molecular weight is 319 g/mol. The lowest BCUT2D eigenvalue weighted by molar-refractivity contribution is -0.126. The zero-order chi connectivity index (χ0) is 14.0. The second kappa shape index (κ2) is 6.66. The van der Waals surface area contributed by atoms with Gasteiger partial charge in [0.15, 0.2) is 0 Å². The average Bonchev–Trinajstić information content (AvgIpc) is 2.34. The summed E-state index contributed by atoms with van der Waals surface area (Å²) in [7, 11) is 0. The van der Waals surface area contributed by atoms with Gasteiger partial charge in [0.05, 0.1) is 5.92 Å². The molecule has 1 aliphatic heterocycles. The first-order chi connectivity index (χ1) is 8.85. The Kier molecular flexibility index (Phi) is 5.68. The molecule has 6 heteroatoms. The maximum atomic E-state index is 12.1. The van der Waals surface area contributed by atoms with Crippen molar-refractivity contribution in [2.24, 2.45) is 11.7 Å². The number of halogens is 2. The maximum absolute atomic E-state index is 12.1. The molecular weight excluding hydrogens is 299 g/mol. The summed E-state index contributed by atoms with van der Waals surface area (Å²) in [5, 5.41) is 3.52. The van der Waals surface area contributed by atoms with Gasteiger partial charge in [-0.2, -0.15) is 0 Å². The molecule has 1 aromatic carbocycles. The van der Waals surface area contributed by atoms with Gasteiger partial charge in [0, 0.05) is 17.1 Å². The Bertz CT molecular complexity index is 487. The summed E-state index contributed by atoms with van der Waals surface area (Å²) >= 11 is 5.95. The minimum atomic E-state index is -0.410. The Labute approximate surface area is 130 Å². The molecule has 0 saturated heterocycles. The highest BCUT2D eigenvalue weighted by molar-refractivity contribution is 6.30. The van der Waals surface area contributed by atoms with Crippen LogP contribution in [0, 0.1) is 5.92 Å². The van der Waals surface area contributed by atoms with E-state index in [0.29, 0.717) is 24.6 Å². The largest absolute Gasteiger partial charge is 0.492 e. The van der Waals surface area contributed by atoms with Crippen molar-refractivity contribution in [2.45, 2.75) is 25.8 Å². The smallest absolute Gasteiger partial charge is 0.226 e. The first-order valence-corrected chi connectivity index (χ1v) is 6.71. The van der Waals surface area contributed by atoms with Crippen molar-refractivity contribution in [3.8, 4) is 5.75 Å². The molecule has 0 fully saturated rings. The summed E-state index contributed by atoms with van der Waals surface area (Å²) in [5.41, 5.74) is 6.41. The van der Waals surface area contributed by atoms with Crippen molar-refractivity contribution in [2.75, 3.05) is 13.2 Å². The molecule has 1 amide bonds. The van der Waals surface area contributed by atoms with Crippen LogP contribution < -0.4 is 15.8 Å². The fourth-order valence-corrected chi connectivity index (χ4v) is 2.19. The minimum Gasteiger partial charge on any atom is -0.492 e. The van der Waals surface area contributed by atoms with Crippen molar-refractivity contribution < 1.29 is 9.53 Å². The van der Waals surface area contributed by atoms with E-state index in [1.807, 2.05) is 26.0 Å². The van der Waals surface area contributed by atoms with Gasteiger partial charge in [-0.05, 0) is 44.0 Å². The van der Waals surface area contributed by atoms with Crippen LogP contribution in [0.1, 0.15) is 19.4 Å². The van der Waals surface area contributed by atoms with Gasteiger partial charge < -0.3 is 15.8 Å². The van der Waals surface area contributed by atoms with Crippen LogP contribution in [0.3, 0.4) is 0 Å². The highest BCUT2D eigenvalue weighted by Gasteiger charge is 2.26. The molecule has 4 nitrogen and oxygen atoms in total. The second-order valence-electron chi connectivity index (χ2n) is 5.67. The van der Waals surface area contributed by atoms with Crippen LogP contribution in [0.5, 0.6) is 5.75 Å². The van der Waals surface area contributed by atoms with Crippen LogP contribution >= 0.6 is 24.0 Å². The third-order valence-corrected chi connectivity index (χ3v) is 3.25. The standard InChI is InChI=1S/C14H19ClN2O2.ClH/c1-14(2,16)8-17-13(18)10-5-9-6-11(15)3-4-12(9)19-7-10;/h3-4,6,10H,5,7-8,16H2,1-2H3,(H,17,18);1H. The number of hydrogen-bond donors (Lipinski definition) is 2. The number of nitrogens with two attached hydrogens (primary N) is 1. The Morgan fingerprint density at radius 1 is 1.55 bits per heavy atom. The normalized spacial score (nSPS) is 17.5. The lowest BCUT2D eigenvalue weighted by atomic mass is 9.95. The van der Waals surface area contributed by atoms with E-state index in [1.54, 1.807) is 6.07 Å². The Hall–Kier alpha value is -0.970. The fraction of sp³-hybridized carbons (Fsp3) is 0.500. The number of fused-ring (bicyclic) bond motifs is 1. The number of nitrogens with one attached hydrogen (secondary N) is 1. The predicted molar refractivity (Wildman–Crippen MR) is 82.7 cm³/mol. The summed E-state index contributed by atoms with van der Waals surface area (Å²) in [6, 6.07) is 5.48. The number of hydrogen-bond acceptors (Lipinski definition) is 3. The van der Waals surface area contributed by atoms with Crippen molar-refractivity contribution >= 4 is 29.9 Å². The van der Waals surface area contributed by atoms with Crippen LogP contribution in [0.2, 0.25) is 5.02 Å². The summed E-state index contributed by atoms with van der Waals surface area (Å²) in [5.74, 6) is 0.602. The molecule has 20 heavy (non-hydrogen) atoms. The third-order valence-electron chi connectivity index (χ3n) is 3.02. The first kappa shape index (κ1) is 17.1. The molecule has 1 aliphatic rings. The number of rotatable bonds is 3. The molecule has 0 bridgehead atoms. The van der Waals surface area contributed by atoms with Crippen LogP contribution in [-0.4, -0.2) is 24.6 Å². The Morgan fingerprint density at radius 3 is 2.90 bits per heavy atom. The van der Waals surface area contributed by atoms with Crippen LogP contribution in [0.4, 0.5) is 0 Å². The van der Waals surface area contributed by atoms with Gasteiger partial charge in [0.1, 0.15) is 12.4 Å². The molecule has 0 radical (unpaired) electrons. The summed E-state index contributed by atoms with van der Waals surface area (Å²) in [6.07, 6.45) is 0.646. The van der Waals surface area contributed by atoms with E-state index in [-0.39, 0.29) is 24.2 Å². The van der Waals surface area contributed by atoms with Gasteiger partial charge >= 0.3 is 0 Å². The molecule has 112 valence electrons. The second-order valence-corrected chi connectivity index (χ2v) is 6.11. The van der Waals surface area contributed by atoms with Gasteiger partial charge in [-0.1, -0.05) is 11.6 Å². The molecule has 1 atom stereocenters. The van der Waals surface area contributed by atoms with Gasteiger partial charge in [-0.3, -0.25) is 4.79 Å². The summed E-state index contributed by atoms with van der Waals surface area (Å²) in [4.78, 5) is 12.1. The highest BCUT2D eigenvalue weighted by Crippen LogP contribution is 2.29. The highest BCUT2D eigenvalue weighted by atomic mass is 35.5. The molecule has 1 unspecified atom stereocenters. The lowest BCUT2D eigenvalue weighted by Crippen LogP contribution is -2.48. The maximum Gasteiger partial charge on any atom is 0.226 e. The van der Waals surface area contributed by atoms with E-state index in [1.165, 1.54) is 0 Å². The summed E-state index contributed by atoms with van der Waals surface area (Å²) in [6.45, 7) is 4.59. The monoisotopic (exact) mass is 318 g/mol. The van der Waals surface area contributed by atoms with Gasteiger partial charge in [0.25, 0.3) is 0 Å². The van der Waals surface area contributed by atoms with E-state index >= 15 is 0 Å². The van der Waals surface area contributed by atoms with Crippen LogP contribution in [0.15, 0.2) is 18.2 Å². The molecule has 1 heterocycles. The van der Waals surface area contributed by atoms with Crippen LogP contribution in [-0.2, 0) is 11.2 Å². The fourth-order valence-electron chi connectivity index (χ4n) is 1.99. The SMILES string of the molecule is CC(C)(N)CNC(=O)C1COc2ccc(Cl)cc2C1.Cl. The number of amides is 1. The molecule has 0 spiro atoms. The minimum absolute atomic E-state index is 0. The molecule has 0 aliphatic carbocycles. The van der Waals surface area contributed by atoms with Gasteiger partial charge in [-0.25, -0.2) is 0 Å². The van der Waals surface area contributed by atoms with Crippen molar-refractivity contribution in [3.05, 3.63) is 28.8 Å². The third kappa shape index (κ3) is 4.54. The topological polar surface area (TPSA) is 64.3 Å².